The molecule has 4 heteroatoms. The first kappa shape index (κ1) is 24.7. The van der Waals surface area contributed by atoms with E-state index >= 15 is 0 Å². The molecule has 0 radical (unpaired) electrons. The van der Waals surface area contributed by atoms with Crippen LogP contribution in [0.5, 0.6) is 0 Å². The molecule has 0 bridgehead atoms. The van der Waals surface area contributed by atoms with Crippen LogP contribution < -0.4 is 0 Å². The third-order valence-corrected chi connectivity index (χ3v) is 7.60. The number of imidazole rings is 1. The molecule has 2 heterocycles. The number of fused-ring (bicyclic) bond motifs is 1. The lowest BCUT2D eigenvalue weighted by Gasteiger charge is -2.03. The van der Waals surface area contributed by atoms with Gasteiger partial charge in [0.15, 0.2) is 0 Å². The largest absolute Gasteiger partial charge is 0.217 e. The zero-order chi connectivity index (χ0) is 23.6. The Hall–Kier alpha value is -2.46. The smallest absolute Gasteiger partial charge is 0.213 e. The molecule has 2 aromatic carbocycles. The molecule has 0 atom stereocenters. The van der Waals surface area contributed by atoms with E-state index in [1.165, 1.54) is 93.7 Å². The van der Waals surface area contributed by atoms with Crippen LogP contribution in [0.3, 0.4) is 0 Å². The number of nitrogens with zero attached hydrogens (tertiary/aromatic N) is 3. The monoisotopic (exact) mass is 473 g/mol. The van der Waals surface area contributed by atoms with E-state index in [0.717, 1.165) is 21.2 Å². The maximum absolute atomic E-state index is 4.86. The summed E-state index contributed by atoms with van der Waals surface area (Å²) < 4.78 is 1.93. The van der Waals surface area contributed by atoms with Crippen LogP contribution in [-0.2, 0) is 12.8 Å². The quantitative estimate of drug-likeness (QED) is 0.171. The fourth-order valence-electron chi connectivity index (χ4n) is 4.48. The summed E-state index contributed by atoms with van der Waals surface area (Å²) in [7, 11) is 0. The van der Waals surface area contributed by atoms with Crippen LogP contribution in [-0.4, -0.2) is 14.6 Å². The van der Waals surface area contributed by atoms with Gasteiger partial charge in [-0.15, -0.1) is 0 Å². The van der Waals surface area contributed by atoms with Crippen molar-refractivity contribution < 1.29 is 0 Å². The van der Waals surface area contributed by atoms with E-state index in [1.54, 1.807) is 11.3 Å². The van der Waals surface area contributed by atoms with Crippen molar-refractivity contribution in [3.63, 3.8) is 0 Å². The van der Waals surface area contributed by atoms with Gasteiger partial charge >= 0.3 is 0 Å². The molecule has 0 saturated heterocycles. The minimum atomic E-state index is 0.949. The van der Waals surface area contributed by atoms with Gasteiger partial charge in [-0.05, 0) is 36.8 Å². The number of unbranched alkanes of at least 4 members (excludes halogenated alkanes) is 8. The van der Waals surface area contributed by atoms with E-state index in [9.17, 15) is 0 Å². The first-order chi connectivity index (χ1) is 16.8. The molecule has 180 valence electrons. The fourth-order valence-corrected chi connectivity index (χ4v) is 5.36. The van der Waals surface area contributed by atoms with Crippen molar-refractivity contribution >= 4 is 16.3 Å². The van der Waals surface area contributed by atoms with Crippen molar-refractivity contribution in [3.8, 4) is 21.8 Å². The molecule has 0 aliphatic carbocycles. The standard InChI is InChI=1S/C30H39N3S/c1-3-5-7-9-11-13-24-15-19-26(20-16-24)28-23-33-30(31-28)34-29(32-33)27-21-17-25(18-22-27)14-12-10-8-6-4-2/h15-23H,3-14H2,1-2H3. The summed E-state index contributed by atoms with van der Waals surface area (Å²) in [4.78, 5) is 5.81. The van der Waals surface area contributed by atoms with Crippen LogP contribution in [0.25, 0.3) is 26.8 Å². The van der Waals surface area contributed by atoms with Crippen molar-refractivity contribution in [3.05, 3.63) is 65.9 Å². The van der Waals surface area contributed by atoms with Gasteiger partial charge in [-0.1, -0.05) is 125 Å². The summed E-state index contributed by atoms with van der Waals surface area (Å²) in [5, 5.41) is 5.84. The van der Waals surface area contributed by atoms with Gasteiger partial charge in [-0.25, -0.2) is 9.50 Å². The maximum atomic E-state index is 4.86. The van der Waals surface area contributed by atoms with Crippen LogP contribution in [0.2, 0.25) is 0 Å². The van der Waals surface area contributed by atoms with Gasteiger partial charge < -0.3 is 0 Å². The van der Waals surface area contributed by atoms with Crippen LogP contribution in [0.4, 0.5) is 0 Å². The number of benzene rings is 2. The molecule has 0 fully saturated rings. The highest BCUT2D eigenvalue weighted by Gasteiger charge is 2.11. The van der Waals surface area contributed by atoms with Crippen molar-refractivity contribution in [1.29, 1.82) is 0 Å². The molecule has 0 spiro atoms. The second-order valence-electron chi connectivity index (χ2n) is 9.48. The Labute approximate surface area is 209 Å². The number of aryl methyl sites for hydroxylation is 2. The highest BCUT2D eigenvalue weighted by molar-refractivity contribution is 7.19. The molecule has 4 rings (SSSR count). The van der Waals surface area contributed by atoms with Gasteiger partial charge in [0.1, 0.15) is 5.01 Å². The predicted molar refractivity (Wildman–Crippen MR) is 147 cm³/mol. The van der Waals surface area contributed by atoms with E-state index < -0.39 is 0 Å². The average molecular weight is 474 g/mol. The predicted octanol–water partition coefficient (Wildman–Crippen LogP) is 9.15. The minimum Gasteiger partial charge on any atom is -0.217 e. The Balaban J connectivity index is 1.33. The third kappa shape index (κ3) is 6.79. The Kier molecular flexibility index (Phi) is 9.32. The molecule has 0 amide bonds. The zero-order valence-corrected chi connectivity index (χ0v) is 21.7. The second-order valence-corrected chi connectivity index (χ2v) is 10.4. The Morgan fingerprint density at radius 1 is 0.647 bits per heavy atom. The molecule has 4 aromatic rings. The molecule has 2 aromatic heterocycles. The fraction of sp³-hybridized carbons (Fsp3) is 0.467. The van der Waals surface area contributed by atoms with E-state index in [-0.39, 0.29) is 0 Å². The molecular weight excluding hydrogens is 434 g/mol. The second kappa shape index (κ2) is 12.9. The lowest BCUT2D eigenvalue weighted by atomic mass is 10.0. The maximum Gasteiger partial charge on any atom is 0.213 e. The lowest BCUT2D eigenvalue weighted by molar-refractivity contribution is 0.632. The van der Waals surface area contributed by atoms with E-state index in [4.69, 9.17) is 10.1 Å². The Morgan fingerprint density at radius 3 is 1.71 bits per heavy atom. The van der Waals surface area contributed by atoms with Gasteiger partial charge in [0.05, 0.1) is 11.9 Å². The highest BCUT2D eigenvalue weighted by atomic mass is 32.1. The van der Waals surface area contributed by atoms with Gasteiger partial charge in [-0.2, -0.15) is 5.10 Å². The summed E-state index contributed by atoms with van der Waals surface area (Å²) in [5.41, 5.74) is 6.19. The molecule has 34 heavy (non-hydrogen) atoms. The van der Waals surface area contributed by atoms with Crippen molar-refractivity contribution in [2.75, 3.05) is 0 Å². The first-order valence-electron chi connectivity index (χ1n) is 13.3. The summed E-state index contributed by atoms with van der Waals surface area (Å²) in [6, 6.07) is 17.9. The van der Waals surface area contributed by atoms with Crippen LogP contribution in [0.15, 0.2) is 54.7 Å². The van der Waals surface area contributed by atoms with Gasteiger partial charge in [0.2, 0.25) is 4.96 Å². The van der Waals surface area contributed by atoms with Crippen LogP contribution in [0, 0.1) is 0 Å². The van der Waals surface area contributed by atoms with Crippen molar-refractivity contribution in [2.24, 2.45) is 0 Å². The third-order valence-electron chi connectivity index (χ3n) is 6.63. The Bertz CT molecular complexity index is 1000. The molecule has 0 aliphatic rings. The molecule has 3 nitrogen and oxygen atoms in total. The SMILES string of the molecule is CCCCCCCc1ccc(-c2cn3nc(-c4ccc(CCCCCCC)cc4)sc3n2)cc1. The lowest BCUT2D eigenvalue weighted by Crippen LogP contribution is -1.88. The molecule has 0 aliphatic heterocycles. The van der Waals surface area contributed by atoms with Crippen LogP contribution in [0.1, 0.15) is 89.2 Å². The first-order valence-corrected chi connectivity index (χ1v) is 14.1. The molecule has 0 saturated carbocycles. The zero-order valence-electron chi connectivity index (χ0n) is 20.9. The minimum absolute atomic E-state index is 0.949. The van der Waals surface area contributed by atoms with Gasteiger partial charge in [0, 0.05) is 11.1 Å². The van der Waals surface area contributed by atoms with Crippen LogP contribution >= 0.6 is 11.3 Å². The number of hydrogen-bond donors (Lipinski definition) is 0. The Morgan fingerprint density at radius 2 is 1.18 bits per heavy atom. The van der Waals surface area contributed by atoms with Gasteiger partial charge in [0.25, 0.3) is 0 Å². The molecule has 0 N–H and O–H groups in total. The summed E-state index contributed by atoms with van der Waals surface area (Å²) in [6.07, 6.45) is 17.7. The van der Waals surface area contributed by atoms with Gasteiger partial charge in [-0.3, -0.25) is 0 Å². The summed E-state index contributed by atoms with van der Waals surface area (Å²) in [5.74, 6) is 0. The average Bonchev–Trinajstić information content (AvgIpc) is 3.44. The van der Waals surface area contributed by atoms with E-state index in [0.29, 0.717) is 0 Å². The van der Waals surface area contributed by atoms with Crippen molar-refractivity contribution in [2.45, 2.75) is 90.9 Å². The molecular formula is C30H39N3S. The number of rotatable bonds is 14. The summed E-state index contributed by atoms with van der Waals surface area (Å²) >= 11 is 1.66. The topological polar surface area (TPSA) is 30.2 Å². The normalized spacial score (nSPS) is 11.5. The molecule has 0 unspecified atom stereocenters. The number of hydrogen-bond acceptors (Lipinski definition) is 3. The van der Waals surface area contributed by atoms with E-state index in [2.05, 4.69) is 68.6 Å². The van der Waals surface area contributed by atoms with Crippen molar-refractivity contribution in [1.82, 2.24) is 14.6 Å². The highest BCUT2D eigenvalue weighted by Crippen LogP contribution is 2.29. The van der Waals surface area contributed by atoms with E-state index in [1.807, 2.05) is 4.52 Å². The number of aromatic nitrogens is 3. The summed E-state index contributed by atoms with van der Waals surface area (Å²) in [6.45, 7) is 4.53.